The number of ketones is 1. The Labute approximate surface area is 158 Å². The molecule has 3 rings (SSSR count). The van der Waals surface area contributed by atoms with Crippen LogP contribution in [0.15, 0.2) is 41.8 Å². The molecule has 2 amide bonds. The molecule has 0 bridgehead atoms. The maximum absolute atomic E-state index is 12.6. The quantitative estimate of drug-likeness (QED) is 0.620. The summed E-state index contributed by atoms with van der Waals surface area (Å²) in [5.74, 6) is -1.32. The standard InChI is InChI=1S/C18H18N2O6S/c21-9-12(20(18(25)26)8-10-4-2-1-3-5-10)17(24)19-13-11-6-7-27-16(11)15(23)14(13)22/h1-7,12-14,21-22H,8-9H2,(H,19,24)(H,25,26)/p-1/t12?,13-,14-/m0/s1. The lowest BCUT2D eigenvalue weighted by molar-refractivity contribution is -0.269. The van der Waals surface area contributed by atoms with Gasteiger partial charge < -0.3 is 30.3 Å². The van der Waals surface area contributed by atoms with Crippen molar-refractivity contribution in [3.05, 3.63) is 57.8 Å². The van der Waals surface area contributed by atoms with Crippen LogP contribution in [0.5, 0.6) is 0 Å². The first kappa shape index (κ1) is 19.0. The second kappa shape index (κ2) is 7.87. The Balaban J connectivity index is 1.78. The topological polar surface area (TPSA) is 130 Å². The van der Waals surface area contributed by atoms with E-state index in [1.165, 1.54) is 0 Å². The normalized spacial score (nSPS) is 19.4. The van der Waals surface area contributed by atoms with Crippen molar-refractivity contribution in [2.45, 2.75) is 24.7 Å². The molecular formula is C18H17N2O6S-. The Morgan fingerprint density at radius 2 is 1.96 bits per heavy atom. The molecule has 0 fully saturated rings. The highest BCUT2D eigenvalue weighted by Crippen LogP contribution is 2.35. The SMILES string of the molecule is O=C(N[C@H]1c2ccsc2C(=O)[C@H]1O)C(CO)N(Cc1ccccc1)C(=O)[O-]. The monoisotopic (exact) mass is 389 g/mol. The lowest BCUT2D eigenvalue weighted by atomic mass is 10.1. The van der Waals surface area contributed by atoms with E-state index in [2.05, 4.69) is 5.32 Å². The molecule has 1 unspecified atom stereocenters. The third-order valence-electron chi connectivity index (χ3n) is 4.42. The van der Waals surface area contributed by atoms with Gasteiger partial charge in [0.2, 0.25) is 11.7 Å². The summed E-state index contributed by atoms with van der Waals surface area (Å²) in [5, 5.41) is 35.4. The van der Waals surface area contributed by atoms with Crippen LogP contribution in [-0.4, -0.2) is 51.6 Å². The van der Waals surface area contributed by atoms with E-state index in [4.69, 9.17) is 0 Å². The van der Waals surface area contributed by atoms with Crippen molar-refractivity contribution in [1.82, 2.24) is 10.2 Å². The molecule has 27 heavy (non-hydrogen) atoms. The number of hydrogen-bond donors (Lipinski definition) is 3. The number of nitrogens with one attached hydrogen (secondary N) is 1. The van der Waals surface area contributed by atoms with E-state index in [1.54, 1.807) is 41.8 Å². The van der Waals surface area contributed by atoms with E-state index < -0.39 is 42.6 Å². The number of thiophene rings is 1. The van der Waals surface area contributed by atoms with Gasteiger partial charge in [0, 0.05) is 6.54 Å². The molecule has 0 radical (unpaired) electrons. The third-order valence-corrected chi connectivity index (χ3v) is 5.36. The van der Waals surface area contributed by atoms with Gasteiger partial charge in [0.25, 0.3) is 0 Å². The molecule has 142 valence electrons. The molecule has 1 aromatic heterocycles. The Morgan fingerprint density at radius 3 is 2.59 bits per heavy atom. The van der Waals surface area contributed by atoms with E-state index >= 15 is 0 Å². The number of hydrogen-bond acceptors (Lipinski definition) is 7. The fourth-order valence-electron chi connectivity index (χ4n) is 3.03. The zero-order valence-corrected chi connectivity index (χ0v) is 14.9. The molecule has 8 nitrogen and oxygen atoms in total. The van der Waals surface area contributed by atoms with Gasteiger partial charge in [-0.15, -0.1) is 11.3 Å². The third kappa shape index (κ3) is 3.70. The van der Waals surface area contributed by atoms with Gasteiger partial charge in [0.15, 0.2) is 0 Å². The zero-order chi connectivity index (χ0) is 19.6. The fraction of sp³-hybridized carbons (Fsp3) is 0.278. The molecule has 1 aliphatic carbocycles. The highest BCUT2D eigenvalue weighted by Gasteiger charge is 2.41. The van der Waals surface area contributed by atoms with Gasteiger partial charge in [0.1, 0.15) is 18.2 Å². The van der Waals surface area contributed by atoms with E-state index in [0.717, 1.165) is 11.3 Å². The Kier molecular flexibility index (Phi) is 5.54. The van der Waals surface area contributed by atoms with E-state index in [0.29, 0.717) is 20.9 Å². The van der Waals surface area contributed by atoms with Gasteiger partial charge in [-0.05, 0) is 22.6 Å². The minimum atomic E-state index is -1.62. The van der Waals surface area contributed by atoms with Crippen LogP contribution in [0.3, 0.4) is 0 Å². The lowest BCUT2D eigenvalue weighted by Gasteiger charge is -2.33. The van der Waals surface area contributed by atoms with Crippen molar-refractivity contribution in [3.8, 4) is 0 Å². The maximum Gasteiger partial charge on any atom is 0.245 e. The van der Waals surface area contributed by atoms with Crippen molar-refractivity contribution >= 4 is 29.1 Å². The predicted octanol–water partition coefficient (Wildman–Crippen LogP) is -0.331. The van der Waals surface area contributed by atoms with Gasteiger partial charge in [-0.1, -0.05) is 30.3 Å². The van der Waals surface area contributed by atoms with Crippen LogP contribution in [0, 0.1) is 0 Å². The molecule has 0 aliphatic heterocycles. The Hall–Kier alpha value is -2.75. The van der Waals surface area contributed by atoms with E-state index in [1.807, 2.05) is 0 Å². The number of aliphatic hydroxyl groups is 2. The van der Waals surface area contributed by atoms with Crippen LogP contribution in [0.1, 0.15) is 26.8 Å². The summed E-state index contributed by atoms with van der Waals surface area (Å²) in [6, 6.07) is 7.75. The molecular weight excluding hydrogens is 372 g/mol. The average molecular weight is 389 g/mol. The number of amides is 2. The molecule has 1 aliphatic rings. The van der Waals surface area contributed by atoms with Crippen LogP contribution in [0.2, 0.25) is 0 Å². The number of rotatable bonds is 6. The second-order valence-corrected chi connectivity index (χ2v) is 6.99. The maximum atomic E-state index is 12.6. The van der Waals surface area contributed by atoms with Gasteiger partial charge in [-0.3, -0.25) is 9.59 Å². The molecule has 0 saturated carbocycles. The molecule has 2 aromatic rings. The summed E-state index contributed by atoms with van der Waals surface area (Å²) in [6.07, 6.45) is -3.06. The van der Waals surface area contributed by atoms with Crippen molar-refractivity contribution in [1.29, 1.82) is 0 Å². The molecule has 1 heterocycles. The number of fused-ring (bicyclic) bond motifs is 1. The Bertz CT molecular complexity index is 853. The molecule has 3 atom stereocenters. The number of benzene rings is 1. The summed E-state index contributed by atoms with van der Waals surface area (Å²) in [7, 11) is 0. The highest BCUT2D eigenvalue weighted by atomic mass is 32.1. The second-order valence-electron chi connectivity index (χ2n) is 6.08. The summed E-state index contributed by atoms with van der Waals surface area (Å²) < 4.78 is 0. The first-order valence-corrected chi connectivity index (χ1v) is 9.04. The number of Topliss-reactive ketones (excluding diaryl/α,β-unsaturated/α-hetero) is 1. The molecule has 0 spiro atoms. The fourth-order valence-corrected chi connectivity index (χ4v) is 3.95. The van der Waals surface area contributed by atoms with E-state index in [-0.39, 0.29) is 6.54 Å². The smallest absolute Gasteiger partial charge is 0.245 e. The molecule has 3 N–H and O–H groups in total. The molecule has 9 heteroatoms. The van der Waals surface area contributed by atoms with Crippen molar-refractivity contribution in [2.24, 2.45) is 0 Å². The van der Waals surface area contributed by atoms with Crippen molar-refractivity contribution < 1.29 is 29.7 Å². The summed E-state index contributed by atoms with van der Waals surface area (Å²) in [4.78, 5) is 37.3. The van der Waals surface area contributed by atoms with Crippen molar-refractivity contribution in [3.63, 3.8) is 0 Å². The minimum absolute atomic E-state index is 0.155. The van der Waals surface area contributed by atoms with Crippen LogP contribution < -0.4 is 10.4 Å². The van der Waals surface area contributed by atoms with Crippen LogP contribution >= 0.6 is 11.3 Å². The first-order chi connectivity index (χ1) is 12.9. The van der Waals surface area contributed by atoms with Crippen LogP contribution in [0.4, 0.5) is 4.79 Å². The summed E-state index contributed by atoms with van der Waals surface area (Å²) >= 11 is 1.16. The van der Waals surface area contributed by atoms with Gasteiger partial charge in [0.05, 0.1) is 17.5 Å². The zero-order valence-electron chi connectivity index (χ0n) is 14.1. The van der Waals surface area contributed by atoms with Gasteiger partial charge >= 0.3 is 0 Å². The predicted molar refractivity (Wildman–Crippen MR) is 93.8 cm³/mol. The minimum Gasteiger partial charge on any atom is -0.530 e. The highest BCUT2D eigenvalue weighted by molar-refractivity contribution is 7.12. The number of carboxylic acid groups (broad SMARTS) is 1. The number of carbonyl (C=O) groups is 3. The summed E-state index contributed by atoms with van der Waals surface area (Å²) in [5.41, 5.74) is 1.09. The largest absolute Gasteiger partial charge is 0.530 e. The first-order valence-electron chi connectivity index (χ1n) is 8.16. The summed E-state index contributed by atoms with van der Waals surface area (Å²) in [6.45, 7) is -0.933. The molecule has 0 saturated heterocycles. The number of nitrogens with zero attached hydrogens (tertiary/aromatic N) is 1. The van der Waals surface area contributed by atoms with Crippen LogP contribution in [0.25, 0.3) is 0 Å². The van der Waals surface area contributed by atoms with Gasteiger partial charge in [-0.2, -0.15) is 0 Å². The Morgan fingerprint density at radius 1 is 1.26 bits per heavy atom. The van der Waals surface area contributed by atoms with E-state index in [9.17, 15) is 29.7 Å². The lowest BCUT2D eigenvalue weighted by Crippen LogP contribution is -2.56. The average Bonchev–Trinajstić information content (AvgIpc) is 3.21. The number of aliphatic hydroxyl groups excluding tert-OH is 2. The van der Waals surface area contributed by atoms with Gasteiger partial charge in [-0.25, -0.2) is 0 Å². The number of carbonyl (C=O) groups excluding carboxylic acids is 3. The van der Waals surface area contributed by atoms with Crippen LogP contribution in [-0.2, 0) is 11.3 Å². The van der Waals surface area contributed by atoms with Crippen molar-refractivity contribution in [2.75, 3.05) is 6.61 Å². The molecule has 1 aromatic carbocycles.